The van der Waals surface area contributed by atoms with Crippen LogP contribution in [0.2, 0.25) is 0 Å². The fourth-order valence-electron chi connectivity index (χ4n) is 1.87. The number of rotatable bonds is 4. The Balaban J connectivity index is 2.12. The number of thiazole rings is 1. The van der Waals surface area contributed by atoms with Crippen molar-refractivity contribution >= 4 is 23.2 Å². The van der Waals surface area contributed by atoms with Crippen LogP contribution in [0, 0.1) is 13.8 Å². The molecule has 0 atom stereocenters. The number of carboxylic acids is 1. The topological polar surface area (TPSA) is 112 Å². The molecule has 21 heavy (non-hydrogen) atoms. The van der Waals surface area contributed by atoms with E-state index in [1.54, 1.807) is 19.9 Å². The van der Waals surface area contributed by atoms with Gasteiger partial charge < -0.3 is 15.4 Å². The van der Waals surface area contributed by atoms with Crippen LogP contribution < -0.4 is 10.9 Å². The Morgan fingerprint density at radius 1 is 1.43 bits per heavy atom. The monoisotopic (exact) mass is 307 g/mol. The lowest BCUT2D eigenvalue weighted by atomic mass is 10.1. The van der Waals surface area contributed by atoms with E-state index in [1.165, 1.54) is 5.38 Å². The van der Waals surface area contributed by atoms with Gasteiger partial charge in [0.1, 0.15) is 10.6 Å². The lowest BCUT2D eigenvalue weighted by Gasteiger charge is -2.06. The fourth-order valence-corrected chi connectivity index (χ4v) is 2.58. The third kappa shape index (κ3) is 3.34. The van der Waals surface area contributed by atoms with Crippen molar-refractivity contribution in [1.29, 1.82) is 0 Å². The van der Waals surface area contributed by atoms with Crippen molar-refractivity contribution in [2.45, 2.75) is 20.4 Å². The van der Waals surface area contributed by atoms with E-state index >= 15 is 0 Å². The molecule has 110 valence electrons. The zero-order chi connectivity index (χ0) is 15.6. The van der Waals surface area contributed by atoms with Crippen LogP contribution in [0.3, 0.4) is 0 Å². The molecule has 0 aliphatic carbocycles. The standard InChI is InChI=1S/C13H13N3O4S/c1-6-3-7(2)15-12(18)10(6)11(17)14-4-9-16-8(5-21-9)13(19)20/h3,5H,4H2,1-2H3,(H,14,17)(H,15,18)(H,19,20). The molecule has 0 saturated heterocycles. The van der Waals surface area contributed by atoms with Crippen LogP contribution in [0.5, 0.6) is 0 Å². The van der Waals surface area contributed by atoms with Crippen molar-refractivity contribution in [3.8, 4) is 0 Å². The van der Waals surface area contributed by atoms with E-state index < -0.39 is 17.4 Å². The van der Waals surface area contributed by atoms with Crippen LogP contribution in [-0.4, -0.2) is 27.0 Å². The van der Waals surface area contributed by atoms with Crippen LogP contribution in [-0.2, 0) is 6.54 Å². The van der Waals surface area contributed by atoms with Crippen molar-refractivity contribution in [3.63, 3.8) is 0 Å². The minimum absolute atomic E-state index is 0.0515. The summed E-state index contributed by atoms with van der Waals surface area (Å²) in [6, 6.07) is 1.71. The zero-order valence-electron chi connectivity index (χ0n) is 11.4. The molecular formula is C13H13N3O4S. The number of aromatic carboxylic acids is 1. The molecule has 2 heterocycles. The maximum Gasteiger partial charge on any atom is 0.355 e. The molecule has 2 rings (SSSR count). The summed E-state index contributed by atoms with van der Waals surface area (Å²) in [6.45, 7) is 3.49. The van der Waals surface area contributed by atoms with Crippen molar-refractivity contribution in [3.05, 3.63) is 49.3 Å². The summed E-state index contributed by atoms with van der Waals surface area (Å²) in [4.78, 5) is 41.0. The Morgan fingerprint density at radius 2 is 2.14 bits per heavy atom. The van der Waals surface area contributed by atoms with E-state index in [0.717, 1.165) is 11.3 Å². The van der Waals surface area contributed by atoms with Crippen LogP contribution in [0.25, 0.3) is 0 Å². The largest absolute Gasteiger partial charge is 0.476 e. The van der Waals surface area contributed by atoms with Crippen LogP contribution in [0.15, 0.2) is 16.2 Å². The minimum atomic E-state index is -1.12. The number of carbonyl (C=O) groups excluding carboxylic acids is 1. The molecule has 0 aliphatic heterocycles. The first-order chi connectivity index (χ1) is 9.88. The highest BCUT2D eigenvalue weighted by atomic mass is 32.1. The van der Waals surface area contributed by atoms with Crippen molar-refractivity contribution in [2.75, 3.05) is 0 Å². The van der Waals surface area contributed by atoms with E-state index in [9.17, 15) is 14.4 Å². The number of carboxylic acid groups (broad SMARTS) is 1. The fraction of sp³-hybridized carbons (Fsp3) is 0.231. The van der Waals surface area contributed by atoms with E-state index in [2.05, 4.69) is 15.3 Å². The molecule has 8 heteroatoms. The number of nitrogens with one attached hydrogen (secondary N) is 2. The number of pyridine rings is 1. The molecule has 0 unspecified atom stereocenters. The highest BCUT2D eigenvalue weighted by Crippen LogP contribution is 2.10. The highest BCUT2D eigenvalue weighted by molar-refractivity contribution is 7.09. The molecule has 0 saturated carbocycles. The van der Waals surface area contributed by atoms with E-state index in [4.69, 9.17) is 5.11 Å². The summed E-state index contributed by atoms with van der Waals surface area (Å²) >= 11 is 1.13. The van der Waals surface area contributed by atoms with Crippen LogP contribution >= 0.6 is 11.3 Å². The number of hydrogen-bond acceptors (Lipinski definition) is 5. The number of aromatic nitrogens is 2. The van der Waals surface area contributed by atoms with Crippen molar-refractivity contribution in [2.24, 2.45) is 0 Å². The zero-order valence-corrected chi connectivity index (χ0v) is 12.2. The highest BCUT2D eigenvalue weighted by Gasteiger charge is 2.15. The SMILES string of the molecule is Cc1cc(C)c(C(=O)NCc2nc(C(=O)O)cs2)c(=O)[nH]1. The summed E-state index contributed by atoms with van der Waals surface area (Å²) in [5.41, 5.74) is 0.804. The predicted molar refractivity (Wildman–Crippen MR) is 76.8 cm³/mol. The van der Waals surface area contributed by atoms with Crippen LogP contribution in [0.4, 0.5) is 0 Å². The lowest BCUT2D eigenvalue weighted by molar-refractivity contribution is 0.0691. The summed E-state index contributed by atoms with van der Waals surface area (Å²) in [7, 11) is 0. The van der Waals surface area contributed by atoms with Crippen LogP contribution in [0.1, 0.15) is 37.1 Å². The van der Waals surface area contributed by atoms with Gasteiger partial charge in [0.15, 0.2) is 5.69 Å². The average Bonchev–Trinajstić information content (AvgIpc) is 2.84. The summed E-state index contributed by atoms with van der Waals surface area (Å²) in [5.74, 6) is -1.63. The Morgan fingerprint density at radius 3 is 2.71 bits per heavy atom. The third-order valence-electron chi connectivity index (χ3n) is 2.76. The maximum atomic E-state index is 12.0. The number of nitrogens with zero attached hydrogens (tertiary/aromatic N) is 1. The molecule has 0 bridgehead atoms. The van der Waals surface area contributed by atoms with Gasteiger partial charge in [0.05, 0.1) is 6.54 Å². The second kappa shape index (κ2) is 5.88. The molecule has 0 aromatic carbocycles. The number of aryl methyl sites for hydroxylation is 2. The van der Waals surface area contributed by atoms with Crippen molar-refractivity contribution in [1.82, 2.24) is 15.3 Å². The molecule has 0 spiro atoms. The first-order valence-electron chi connectivity index (χ1n) is 6.05. The van der Waals surface area contributed by atoms with Gasteiger partial charge in [-0.05, 0) is 25.5 Å². The molecule has 2 aromatic rings. The molecule has 0 fully saturated rings. The Bertz CT molecular complexity index is 763. The normalized spacial score (nSPS) is 10.4. The molecule has 1 amide bonds. The number of carbonyl (C=O) groups is 2. The minimum Gasteiger partial charge on any atom is -0.476 e. The molecule has 2 aromatic heterocycles. The average molecular weight is 307 g/mol. The Hall–Kier alpha value is -2.48. The number of hydrogen-bond donors (Lipinski definition) is 3. The molecule has 0 aliphatic rings. The molecular weight excluding hydrogens is 294 g/mol. The van der Waals surface area contributed by atoms with Gasteiger partial charge in [0.2, 0.25) is 0 Å². The number of amides is 1. The van der Waals surface area contributed by atoms with Gasteiger partial charge in [-0.15, -0.1) is 11.3 Å². The van der Waals surface area contributed by atoms with Gasteiger partial charge in [-0.3, -0.25) is 9.59 Å². The summed E-state index contributed by atoms with van der Waals surface area (Å²) < 4.78 is 0. The molecule has 7 nitrogen and oxygen atoms in total. The first-order valence-corrected chi connectivity index (χ1v) is 6.93. The Labute approximate surface area is 123 Å². The van der Waals surface area contributed by atoms with Gasteiger partial charge in [-0.25, -0.2) is 9.78 Å². The Kier molecular flexibility index (Phi) is 4.18. The molecule has 3 N–H and O–H groups in total. The first kappa shape index (κ1) is 14.9. The van der Waals surface area contributed by atoms with E-state index in [1.807, 2.05) is 0 Å². The second-order valence-electron chi connectivity index (χ2n) is 4.45. The number of aromatic amines is 1. The second-order valence-corrected chi connectivity index (χ2v) is 5.40. The number of H-pyrrole nitrogens is 1. The van der Waals surface area contributed by atoms with Crippen molar-refractivity contribution < 1.29 is 14.7 Å². The van der Waals surface area contributed by atoms with Gasteiger partial charge in [-0.1, -0.05) is 0 Å². The van der Waals surface area contributed by atoms with E-state index in [0.29, 0.717) is 16.3 Å². The summed E-state index contributed by atoms with van der Waals surface area (Å²) in [6.07, 6.45) is 0. The predicted octanol–water partition coefficient (Wildman–Crippen LogP) is 1.08. The summed E-state index contributed by atoms with van der Waals surface area (Å²) in [5, 5.41) is 13.2. The van der Waals surface area contributed by atoms with E-state index in [-0.39, 0.29) is 17.8 Å². The van der Waals surface area contributed by atoms with Gasteiger partial charge in [0, 0.05) is 11.1 Å². The van der Waals surface area contributed by atoms with Gasteiger partial charge in [-0.2, -0.15) is 0 Å². The van der Waals surface area contributed by atoms with Gasteiger partial charge >= 0.3 is 5.97 Å². The maximum absolute atomic E-state index is 12.0. The van der Waals surface area contributed by atoms with Gasteiger partial charge in [0.25, 0.3) is 11.5 Å². The molecule has 0 radical (unpaired) electrons. The smallest absolute Gasteiger partial charge is 0.355 e. The lowest BCUT2D eigenvalue weighted by Crippen LogP contribution is -2.30. The third-order valence-corrected chi connectivity index (χ3v) is 3.61. The quantitative estimate of drug-likeness (QED) is 0.782.